The summed E-state index contributed by atoms with van der Waals surface area (Å²) in [5.41, 5.74) is 6.44. The molecule has 0 radical (unpaired) electrons. The van der Waals surface area contributed by atoms with Gasteiger partial charge in [-0.15, -0.1) is 10.2 Å². The van der Waals surface area contributed by atoms with Crippen molar-refractivity contribution in [3.8, 4) is 0 Å². The van der Waals surface area contributed by atoms with Gasteiger partial charge >= 0.3 is 0 Å². The molecule has 2 rings (SSSR count). The topological polar surface area (TPSA) is 85.8 Å². The Hall–Kier alpha value is -1.73. The molecule has 2 aromatic rings. The second kappa shape index (κ2) is 6.62. The third-order valence-corrected chi connectivity index (χ3v) is 4.02. The van der Waals surface area contributed by atoms with Crippen molar-refractivity contribution in [1.82, 2.24) is 20.1 Å². The highest BCUT2D eigenvalue weighted by Crippen LogP contribution is 2.17. The number of nitrogen functional groups attached to an aromatic ring is 1. The van der Waals surface area contributed by atoms with Crippen LogP contribution in [0.25, 0.3) is 0 Å². The number of thioether (sulfide) groups is 1. The highest BCUT2D eigenvalue weighted by Gasteiger charge is 2.09. The molecule has 106 valence electrons. The van der Waals surface area contributed by atoms with E-state index in [1.807, 2.05) is 18.2 Å². The summed E-state index contributed by atoms with van der Waals surface area (Å²) in [5, 5.41) is 11.6. The van der Waals surface area contributed by atoms with Crippen molar-refractivity contribution >= 4 is 35.2 Å². The third-order valence-electron chi connectivity index (χ3n) is 2.63. The highest BCUT2D eigenvalue weighted by atomic mass is 35.5. The second-order valence-corrected chi connectivity index (χ2v) is 5.41. The van der Waals surface area contributed by atoms with Crippen molar-refractivity contribution in [2.75, 3.05) is 11.5 Å². The first-order valence-electron chi connectivity index (χ1n) is 5.85. The van der Waals surface area contributed by atoms with Crippen molar-refractivity contribution in [2.45, 2.75) is 11.7 Å². The highest BCUT2D eigenvalue weighted by molar-refractivity contribution is 7.99. The zero-order valence-corrected chi connectivity index (χ0v) is 12.4. The molecule has 0 aliphatic carbocycles. The first kappa shape index (κ1) is 14.7. The summed E-state index contributed by atoms with van der Waals surface area (Å²) in [6.07, 6.45) is 0. The third kappa shape index (κ3) is 3.64. The average Bonchev–Trinajstić information content (AvgIpc) is 2.76. The maximum atomic E-state index is 11.8. The Morgan fingerprint density at radius 3 is 2.85 bits per heavy atom. The van der Waals surface area contributed by atoms with Crippen molar-refractivity contribution in [2.24, 2.45) is 7.05 Å². The molecule has 6 nitrogen and oxygen atoms in total. The van der Waals surface area contributed by atoms with E-state index in [-0.39, 0.29) is 11.7 Å². The lowest BCUT2D eigenvalue weighted by Crippen LogP contribution is -2.24. The monoisotopic (exact) mass is 311 g/mol. The van der Waals surface area contributed by atoms with Crippen molar-refractivity contribution in [1.29, 1.82) is 0 Å². The van der Waals surface area contributed by atoms with Crippen LogP contribution in [-0.2, 0) is 18.4 Å². The molecule has 1 amide bonds. The van der Waals surface area contributed by atoms with Gasteiger partial charge in [-0.3, -0.25) is 9.36 Å². The molecule has 8 heteroatoms. The van der Waals surface area contributed by atoms with Crippen molar-refractivity contribution in [3.63, 3.8) is 0 Å². The van der Waals surface area contributed by atoms with Crippen LogP contribution in [0.15, 0.2) is 29.4 Å². The summed E-state index contributed by atoms with van der Waals surface area (Å²) in [4.78, 5) is 11.8. The molecule has 20 heavy (non-hydrogen) atoms. The number of nitrogens with two attached hydrogens (primary N) is 1. The summed E-state index contributed by atoms with van der Waals surface area (Å²) in [5.74, 6) is 0.469. The van der Waals surface area contributed by atoms with Crippen molar-refractivity contribution in [3.05, 3.63) is 34.9 Å². The Bertz CT molecular complexity index is 616. The first-order chi connectivity index (χ1) is 9.58. The van der Waals surface area contributed by atoms with Gasteiger partial charge in [0, 0.05) is 18.6 Å². The van der Waals surface area contributed by atoms with Gasteiger partial charge in [-0.1, -0.05) is 41.6 Å². The molecule has 0 saturated carbocycles. The molecule has 0 spiro atoms. The van der Waals surface area contributed by atoms with Gasteiger partial charge in [-0.25, -0.2) is 0 Å². The molecule has 1 heterocycles. The maximum absolute atomic E-state index is 11.8. The van der Waals surface area contributed by atoms with E-state index in [9.17, 15) is 4.79 Å². The largest absolute Gasteiger partial charge is 0.368 e. The van der Waals surface area contributed by atoms with Crippen LogP contribution < -0.4 is 11.1 Å². The van der Waals surface area contributed by atoms with Crippen LogP contribution >= 0.6 is 23.4 Å². The van der Waals surface area contributed by atoms with Gasteiger partial charge in [0.05, 0.1) is 5.75 Å². The number of anilines is 1. The normalized spacial score (nSPS) is 10.5. The lowest BCUT2D eigenvalue weighted by atomic mass is 10.2. The van der Waals surface area contributed by atoms with E-state index < -0.39 is 0 Å². The van der Waals surface area contributed by atoms with Gasteiger partial charge in [-0.05, 0) is 11.6 Å². The molecule has 0 atom stereocenters. The fraction of sp³-hybridized carbons (Fsp3) is 0.250. The standard InChI is InChI=1S/C12H14ClN5OS/c1-18-11(14)16-17-12(18)20-7-10(19)15-6-8-4-2-3-5-9(8)13/h2-5H,6-7H2,1H3,(H2,14,16)(H,15,19). The number of benzene rings is 1. The molecular weight excluding hydrogens is 298 g/mol. The minimum Gasteiger partial charge on any atom is -0.368 e. The van der Waals surface area contributed by atoms with Crippen LogP contribution in [-0.4, -0.2) is 26.4 Å². The van der Waals surface area contributed by atoms with Crippen LogP contribution in [0.3, 0.4) is 0 Å². The fourth-order valence-electron chi connectivity index (χ4n) is 1.47. The number of hydrogen-bond donors (Lipinski definition) is 2. The molecule has 0 aliphatic rings. The molecule has 0 saturated heterocycles. The van der Waals surface area contributed by atoms with Gasteiger partial charge in [0.15, 0.2) is 5.16 Å². The number of nitrogens with zero attached hydrogens (tertiary/aromatic N) is 3. The minimum atomic E-state index is -0.100. The lowest BCUT2D eigenvalue weighted by Gasteiger charge is -2.06. The van der Waals surface area contributed by atoms with E-state index in [1.165, 1.54) is 11.8 Å². The van der Waals surface area contributed by atoms with E-state index in [4.69, 9.17) is 17.3 Å². The van der Waals surface area contributed by atoms with Crippen LogP contribution in [0.1, 0.15) is 5.56 Å². The quantitative estimate of drug-likeness (QED) is 0.816. The van der Waals surface area contributed by atoms with Gasteiger partial charge in [-0.2, -0.15) is 0 Å². The molecular formula is C12H14ClN5OS. The van der Waals surface area contributed by atoms with Crippen LogP contribution in [0, 0.1) is 0 Å². The SMILES string of the molecule is Cn1c(N)nnc1SCC(=O)NCc1ccccc1Cl. The molecule has 1 aromatic carbocycles. The lowest BCUT2D eigenvalue weighted by molar-refractivity contribution is -0.118. The Balaban J connectivity index is 1.82. The Morgan fingerprint density at radius 2 is 2.20 bits per heavy atom. The zero-order chi connectivity index (χ0) is 14.5. The Morgan fingerprint density at radius 1 is 1.45 bits per heavy atom. The van der Waals surface area contributed by atoms with Gasteiger partial charge in [0.25, 0.3) is 0 Å². The van der Waals surface area contributed by atoms with Gasteiger partial charge in [0.2, 0.25) is 11.9 Å². The van der Waals surface area contributed by atoms with Crippen LogP contribution in [0.5, 0.6) is 0 Å². The number of aromatic nitrogens is 3. The second-order valence-electron chi connectivity index (χ2n) is 4.06. The number of carbonyl (C=O) groups excluding carboxylic acids is 1. The fourth-order valence-corrected chi connectivity index (χ4v) is 2.42. The number of hydrogen-bond acceptors (Lipinski definition) is 5. The summed E-state index contributed by atoms with van der Waals surface area (Å²) in [7, 11) is 1.75. The van der Waals surface area contributed by atoms with E-state index in [1.54, 1.807) is 17.7 Å². The summed E-state index contributed by atoms with van der Waals surface area (Å²) < 4.78 is 1.63. The molecule has 0 unspecified atom stereocenters. The molecule has 0 aliphatic heterocycles. The van der Waals surface area contributed by atoms with E-state index in [0.717, 1.165) is 5.56 Å². The van der Waals surface area contributed by atoms with E-state index >= 15 is 0 Å². The Kier molecular flexibility index (Phi) is 4.86. The van der Waals surface area contributed by atoms with Gasteiger partial charge < -0.3 is 11.1 Å². The van der Waals surface area contributed by atoms with Crippen LogP contribution in [0.2, 0.25) is 5.02 Å². The number of carbonyl (C=O) groups is 1. The predicted octanol–water partition coefficient (Wildman–Crippen LogP) is 1.46. The van der Waals surface area contributed by atoms with E-state index in [0.29, 0.717) is 22.7 Å². The minimum absolute atomic E-state index is 0.100. The summed E-state index contributed by atoms with van der Waals surface area (Å²) in [6, 6.07) is 7.39. The van der Waals surface area contributed by atoms with Crippen molar-refractivity contribution < 1.29 is 4.79 Å². The van der Waals surface area contributed by atoms with Crippen LogP contribution in [0.4, 0.5) is 5.95 Å². The average molecular weight is 312 g/mol. The number of rotatable bonds is 5. The zero-order valence-electron chi connectivity index (χ0n) is 10.8. The molecule has 0 bridgehead atoms. The summed E-state index contributed by atoms with van der Waals surface area (Å²) in [6.45, 7) is 0.403. The first-order valence-corrected chi connectivity index (χ1v) is 7.22. The maximum Gasteiger partial charge on any atom is 0.230 e. The van der Waals surface area contributed by atoms with Gasteiger partial charge in [0.1, 0.15) is 0 Å². The molecule has 0 fully saturated rings. The smallest absolute Gasteiger partial charge is 0.230 e. The Labute approximate surface area is 125 Å². The number of amides is 1. The number of nitrogens with one attached hydrogen (secondary N) is 1. The molecule has 1 aromatic heterocycles. The predicted molar refractivity (Wildman–Crippen MR) is 79.4 cm³/mol. The number of halogens is 1. The molecule has 3 N–H and O–H groups in total. The van der Waals surface area contributed by atoms with E-state index in [2.05, 4.69) is 15.5 Å². The summed E-state index contributed by atoms with van der Waals surface area (Å²) >= 11 is 7.29.